The standard InChI is InChI=1S/C18H29N/c1-13(2)11-19-12-18(7-6-16(18)5)17-9-14(3)8-15(4)10-17/h8-10,13,16,19H,6-7,11-12H2,1-5H3. The van der Waals surface area contributed by atoms with Gasteiger partial charge in [0.15, 0.2) is 0 Å². The third kappa shape index (κ3) is 3.02. The van der Waals surface area contributed by atoms with E-state index >= 15 is 0 Å². The van der Waals surface area contributed by atoms with Crippen molar-refractivity contribution >= 4 is 0 Å². The summed E-state index contributed by atoms with van der Waals surface area (Å²) >= 11 is 0. The van der Waals surface area contributed by atoms with Crippen molar-refractivity contribution in [1.82, 2.24) is 5.32 Å². The first-order valence-corrected chi connectivity index (χ1v) is 7.73. The Kier molecular flexibility index (Phi) is 4.35. The summed E-state index contributed by atoms with van der Waals surface area (Å²) in [5.74, 6) is 1.53. The van der Waals surface area contributed by atoms with Crippen molar-refractivity contribution in [3.8, 4) is 0 Å². The van der Waals surface area contributed by atoms with E-state index in [4.69, 9.17) is 0 Å². The molecule has 2 rings (SSSR count). The van der Waals surface area contributed by atoms with Crippen LogP contribution in [0.5, 0.6) is 0 Å². The fourth-order valence-electron chi connectivity index (χ4n) is 3.42. The van der Waals surface area contributed by atoms with Crippen LogP contribution in [-0.4, -0.2) is 13.1 Å². The molecule has 0 saturated heterocycles. The van der Waals surface area contributed by atoms with Crippen LogP contribution < -0.4 is 5.32 Å². The number of benzene rings is 1. The summed E-state index contributed by atoms with van der Waals surface area (Å²) in [5, 5.41) is 3.70. The maximum absolute atomic E-state index is 3.70. The molecule has 1 heteroatoms. The van der Waals surface area contributed by atoms with Crippen LogP contribution in [0.25, 0.3) is 0 Å². The van der Waals surface area contributed by atoms with E-state index in [1.165, 1.54) is 24.0 Å². The average Bonchev–Trinajstić information content (AvgIpc) is 2.31. The van der Waals surface area contributed by atoms with E-state index in [0.717, 1.165) is 24.9 Å². The van der Waals surface area contributed by atoms with Gasteiger partial charge in [0.25, 0.3) is 0 Å². The van der Waals surface area contributed by atoms with Crippen LogP contribution in [-0.2, 0) is 5.41 Å². The van der Waals surface area contributed by atoms with Gasteiger partial charge in [0.05, 0.1) is 0 Å². The van der Waals surface area contributed by atoms with Crippen LogP contribution in [0, 0.1) is 25.7 Å². The second kappa shape index (κ2) is 5.66. The van der Waals surface area contributed by atoms with E-state index in [1.807, 2.05) is 0 Å². The van der Waals surface area contributed by atoms with Gasteiger partial charge in [-0.25, -0.2) is 0 Å². The largest absolute Gasteiger partial charge is 0.316 e. The Labute approximate surface area is 118 Å². The fourth-order valence-corrected chi connectivity index (χ4v) is 3.42. The molecule has 2 atom stereocenters. The fraction of sp³-hybridized carbons (Fsp3) is 0.667. The Balaban J connectivity index is 2.19. The van der Waals surface area contributed by atoms with E-state index in [2.05, 4.69) is 58.1 Å². The van der Waals surface area contributed by atoms with Gasteiger partial charge in [-0.2, -0.15) is 0 Å². The number of hydrogen-bond acceptors (Lipinski definition) is 1. The summed E-state index contributed by atoms with van der Waals surface area (Å²) in [7, 11) is 0. The average molecular weight is 259 g/mol. The van der Waals surface area contributed by atoms with Gasteiger partial charge < -0.3 is 5.32 Å². The van der Waals surface area contributed by atoms with Crippen LogP contribution in [0.15, 0.2) is 18.2 Å². The zero-order chi connectivity index (χ0) is 14.0. The Hall–Kier alpha value is -0.820. The first-order chi connectivity index (χ1) is 8.94. The first-order valence-electron chi connectivity index (χ1n) is 7.73. The number of nitrogens with one attached hydrogen (secondary N) is 1. The van der Waals surface area contributed by atoms with Gasteiger partial charge in [-0.3, -0.25) is 0 Å². The highest BCUT2D eigenvalue weighted by molar-refractivity contribution is 5.37. The van der Waals surface area contributed by atoms with Gasteiger partial charge >= 0.3 is 0 Å². The molecule has 0 heterocycles. The van der Waals surface area contributed by atoms with Crippen molar-refractivity contribution < 1.29 is 0 Å². The molecule has 1 fully saturated rings. The lowest BCUT2D eigenvalue weighted by atomic mass is 9.57. The van der Waals surface area contributed by atoms with Gasteiger partial charge in [0, 0.05) is 12.0 Å². The zero-order valence-electron chi connectivity index (χ0n) is 13.2. The summed E-state index contributed by atoms with van der Waals surface area (Å²) in [5.41, 5.74) is 4.74. The second-order valence-corrected chi connectivity index (χ2v) is 7.00. The third-order valence-electron chi connectivity index (χ3n) is 4.76. The maximum atomic E-state index is 3.70. The molecule has 0 aromatic heterocycles. The summed E-state index contributed by atoms with van der Waals surface area (Å²) in [4.78, 5) is 0. The Morgan fingerprint density at radius 2 is 1.84 bits per heavy atom. The van der Waals surface area contributed by atoms with E-state index in [9.17, 15) is 0 Å². The lowest BCUT2D eigenvalue weighted by Gasteiger charge is -2.49. The second-order valence-electron chi connectivity index (χ2n) is 7.00. The van der Waals surface area contributed by atoms with E-state index in [1.54, 1.807) is 5.56 Å². The molecule has 106 valence electrons. The van der Waals surface area contributed by atoms with Crippen LogP contribution in [0.1, 0.15) is 50.3 Å². The van der Waals surface area contributed by atoms with Gasteiger partial charge in [-0.1, -0.05) is 50.1 Å². The molecule has 0 amide bonds. The number of hydrogen-bond donors (Lipinski definition) is 1. The topological polar surface area (TPSA) is 12.0 Å². The molecule has 0 radical (unpaired) electrons. The maximum Gasteiger partial charge on any atom is 0.0104 e. The third-order valence-corrected chi connectivity index (χ3v) is 4.76. The minimum Gasteiger partial charge on any atom is -0.316 e. The van der Waals surface area contributed by atoms with Crippen LogP contribution >= 0.6 is 0 Å². The predicted molar refractivity (Wildman–Crippen MR) is 83.7 cm³/mol. The van der Waals surface area contributed by atoms with Gasteiger partial charge in [-0.15, -0.1) is 0 Å². The molecule has 1 aliphatic carbocycles. The van der Waals surface area contributed by atoms with Gasteiger partial charge in [-0.05, 0) is 50.6 Å². The molecule has 0 bridgehead atoms. The minimum atomic E-state index is 0.381. The Bertz CT molecular complexity index is 415. The quantitative estimate of drug-likeness (QED) is 0.835. The zero-order valence-corrected chi connectivity index (χ0v) is 13.2. The summed E-state index contributed by atoms with van der Waals surface area (Å²) < 4.78 is 0. The predicted octanol–water partition coefficient (Wildman–Crippen LogP) is 4.22. The van der Waals surface area contributed by atoms with Crippen molar-refractivity contribution in [2.45, 2.75) is 52.9 Å². The monoisotopic (exact) mass is 259 g/mol. The number of aryl methyl sites for hydroxylation is 2. The number of rotatable bonds is 5. The minimum absolute atomic E-state index is 0.381. The van der Waals surface area contributed by atoms with Crippen LogP contribution in [0.3, 0.4) is 0 Å². The van der Waals surface area contributed by atoms with Crippen molar-refractivity contribution in [3.63, 3.8) is 0 Å². The van der Waals surface area contributed by atoms with Crippen LogP contribution in [0.4, 0.5) is 0 Å². The molecule has 1 N–H and O–H groups in total. The highest BCUT2D eigenvalue weighted by atomic mass is 14.9. The highest BCUT2D eigenvalue weighted by Gasteiger charge is 2.44. The molecule has 1 aromatic rings. The molecule has 2 unspecified atom stereocenters. The summed E-state index contributed by atoms with van der Waals surface area (Å²) in [6, 6.07) is 7.08. The van der Waals surface area contributed by atoms with E-state index in [0.29, 0.717) is 5.41 Å². The van der Waals surface area contributed by atoms with Crippen molar-refractivity contribution in [2.24, 2.45) is 11.8 Å². The van der Waals surface area contributed by atoms with Crippen molar-refractivity contribution in [2.75, 3.05) is 13.1 Å². The molecule has 0 spiro atoms. The summed E-state index contributed by atoms with van der Waals surface area (Å²) in [6.45, 7) is 13.7. The molecule has 1 saturated carbocycles. The van der Waals surface area contributed by atoms with E-state index < -0.39 is 0 Å². The molecular weight excluding hydrogens is 230 g/mol. The van der Waals surface area contributed by atoms with Crippen molar-refractivity contribution in [1.29, 1.82) is 0 Å². The molecule has 1 aliphatic rings. The molecule has 1 nitrogen and oxygen atoms in total. The normalized spacial score (nSPS) is 26.5. The smallest absolute Gasteiger partial charge is 0.0104 e. The molecular formula is C18H29N. The lowest BCUT2D eigenvalue weighted by molar-refractivity contribution is 0.133. The van der Waals surface area contributed by atoms with Gasteiger partial charge in [0.1, 0.15) is 0 Å². The summed E-state index contributed by atoms with van der Waals surface area (Å²) in [6.07, 6.45) is 2.71. The Morgan fingerprint density at radius 1 is 1.21 bits per heavy atom. The van der Waals surface area contributed by atoms with Crippen molar-refractivity contribution in [3.05, 3.63) is 34.9 Å². The van der Waals surface area contributed by atoms with Crippen LogP contribution in [0.2, 0.25) is 0 Å². The van der Waals surface area contributed by atoms with E-state index in [-0.39, 0.29) is 0 Å². The Morgan fingerprint density at radius 3 is 2.26 bits per heavy atom. The highest BCUT2D eigenvalue weighted by Crippen LogP contribution is 2.48. The first kappa shape index (κ1) is 14.6. The molecule has 19 heavy (non-hydrogen) atoms. The van der Waals surface area contributed by atoms with Gasteiger partial charge in [0.2, 0.25) is 0 Å². The lowest BCUT2D eigenvalue weighted by Crippen LogP contribution is -2.50. The molecule has 0 aliphatic heterocycles. The molecule has 1 aromatic carbocycles. The SMILES string of the molecule is Cc1cc(C)cc(C2(CNCC(C)C)CCC2C)c1.